The van der Waals surface area contributed by atoms with Gasteiger partial charge in [0.1, 0.15) is 5.75 Å². The van der Waals surface area contributed by atoms with Crippen molar-refractivity contribution < 1.29 is 14.3 Å². The van der Waals surface area contributed by atoms with E-state index in [1.807, 2.05) is 48.5 Å². The maximum atomic E-state index is 13.1. The van der Waals surface area contributed by atoms with Gasteiger partial charge in [-0.2, -0.15) is 5.10 Å². The summed E-state index contributed by atoms with van der Waals surface area (Å²) >= 11 is 0. The Hall–Kier alpha value is -4.70. The minimum absolute atomic E-state index is 0.208. The molecule has 3 heterocycles. The topological polar surface area (TPSA) is 113 Å². The van der Waals surface area contributed by atoms with Crippen molar-refractivity contribution in [3.63, 3.8) is 0 Å². The molecule has 0 atom stereocenters. The summed E-state index contributed by atoms with van der Waals surface area (Å²) in [6.07, 6.45) is 8.13. The second-order valence-electron chi connectivity index (χ2n) is 10.3. The molecule has 1 aliphatic rings. The van der Waals surface area contributed by atoms with Gasteiger partial charge in [0.2, 0.25) is 0 Å². The second kappa shape index (κ2) is 14.3. The maximum Gasteiger partial charge on any atom is 0.319 e. The van der Waals surface area contributed by atoms with Crippen LogP contribution in [0.4, 0.5) is 10.5 Å². The third-order valence-electron chi connectivity index (χ3n) is 7.24. The lowest BCUT2D eigenvalue weighted by Crippen LogP contribution is -2.33. The third-order valence-corrected chi connectivity index (χ3v) is 7.24. The van der Waals surface area contributed by atoms with Gasteiger partial charge in [-0.3, -0.25) is 9.78 Å². The Labute approximate surface area is 246 Å². The van der Waals surface area contributed by atoms with E-state index in [9.17, 15) is 9.59 Å². The van der Waals surface area contributed by atoms with Crippen molar-refractivity contribution in [1.82, 2.24) is 30.3 Å². The molecule has 5 rings (SSSR count). The summed E-state index contributed by atoms with van der Waals surface area (Å²) in [4.78, 5) is 32.0. The van der Waals surface area contributed by atoms with Gasteiger partial charge in [0, 0.05) is 36.7 Å². The lowest BCUT2D eigenvalue weighted by Gasteiger charge is -2.26. The van der Waals surface area contributed by atoms with Crippen molar-refractivity contribution in [3.8, 4) is 22.7 Å². The number of piperidine rings is 1. The van der Waals surface area contributed by atoms with Gasteiger partial charge >= 0.3 is 6.03 Å². The Balaban J connectivity index is 1.28. The molecule has 0 saturated carbocycles. The van der Waals surface area contributed by atoms with Gasteiger partial charge < -0.3 is 25.6 Å². The van der Waals surface area contributed by atoms with Crippen molar-refractivity contribution in [2.24, 2.45) is 0 Å². The summed E-state index contributed by atoms with van der Waals surface area (Å²) in [5.41, 5.74) is 4.24. The van der Waals surface area contributed by atoms with Crippen LogP contribution in [-0.4, -0.2) is 64.9 Å². The van der Waals surface area contributed by atoms with Crippen LogP contribution in [0.15, 0.2) is 79.1 Å². The third kappa shape index (κ3) is 7.73. The number of hydrogen-bond donors (Lipinski definition) is 3. The highest BCUT2D eigenvalue weighted by molar-refractivity contribution is 5.93. The monoisotopic (exact) mass is 567 g/mol. The predicted molar refractivity (Wildman–Crippen MR) is 163 cm³/mol. The molecule has 10 nitrogen and oxygen atoms in total. The zero-order valence-corrected chi connectivity index (χ0v) is 23.9. The molecule has 1 saturated heterocycles. The molecule has 0 bridgehead atoms. The van der Waals surface area contributed by atoms with Crippen molar-refractivity contribution >= 4 is 17.6 Å². The highest BCUT2D eigenvalue weighted by Crippen LogP contribution is 2.28. The van der Waals surface area contributed by atoms with E-state index in [4.69, 9.17) is 4.74 Å². The van der Waals surface area contributed by atoms with Crippen LogP contribution in [-0.2, 0) is 6.54 Å². The number of likely N-dealkylation sites (tertiary alicyclic amines) is 1. The lowest BCUT2D eigenvalue weighted by atomic mass is 10.1. The molecule has 10 heteroatoms. The average molecular weight is 568 g/mol. The van der Waals surface area contributed by atoms with E-state index in [1.165, 1.54) is 19.3 Å². The Morgan fingerprint density at radius 3 is 2.55 bits per heavy atom. The molecular weight excluding hydrogens is 530 g/mol. The summed E-state index contributed by atoms with van der Waals surface area (Å²) in [6, 6.07) is 20.2. The van der Waals surface area contributed by atoms with Gasteiger partial charge in [0.15, 0.2) is 5.69 Å². The number of methoxy groups -OCH3 is 1. The first-order valence-electron chi connectivity index (χ1n) is 14.4. The standard InChI is InChI=1S/C32H37N7O3/c1-42-28-10-5-9-25(20-28)30-21-29(31(40)34-16-7-19-38-17-3-2-4-18-38)37-39(30)27-13-11-26(12-14-27)36-32(41)35-23-24-8-6-15-33-22-24/h5-6,8-15,20-22H,2-4,7,16-19,23H2,1H3,(H,34,40)(H2,35,36,41). The van der Waals surface area contributed by atoms with E-state index in [0.717, 1.165) is 48.6 Å². The van der Waals surface area contributed by atoms with E-state index in [-0.39, 0.29) is 11.9 Å². The molecule has 218 valence electrons. The molecule has 1 aliphatic heterocycles. The summed E-state index contributed by atoms with van der Waals surface area (Å²) in [5.74, 6) is 0.501. The van der Waals surface area contributed by atoms with Gasteiger partial charge in [-0.05, 0) is 93.0 Å². The van der Waals surface area contributed by atoms with Gasteiger partial charge in [-0.1, -0.05) is 24.6 Å². The van der Waals surface area contributed by atoms with Crippen molar-refractivity contribution in [1.29, 1.82) is 0 Å². The van der Waals surface area contributed by atoms with Crippen molar-refractivity contribution in [3.05, 3.63) is 90.4 Å². The number of hydrogen-bond acceptors (Lipinski definition) is 6. The molecule has 0 aliphatic carbocycles. The number of urea groups is 1. The van der Waals surface area contributed by atoms with Crippen LogP contribution < -0.4 is 20.7 Å². The lowest BCUT2D eigenvalue weighted by molar-refractivity contribution is 0.0945. The molecular formula is C32H37N7O3. The van der Waals surface area contributed by atoms with E-state index in [2.05, 4.69) is 30.9 Å². The normalized spacial score (nSPS) is 13.4. The number of carbonyl (C=O) groups is 2. The van der Waals surface area contributed by atoms with Crippen LogP contribution in [0.5, 0.6) is 5.75 Å². The van der Waals surface area contributed by atoms with E-state index in [0.29, 0.717) is 30.2 Å². The summed E-state index contributed by atoms with van der Waals surface area (Å²) in [7, 11) is 1.62. The molecule has 3 N–H and O–H groups in total. The van der Waals surface area contributed by atoms with Gasteiger partial charge in [-0.15, -0.1) is 0 Å². The van der Waals surface area contributed by atoms with Crippen LogP contribution in [0.1, 0.15) is 41.7 Å². The minimum atomic E-state index is -0.318. The number of amides is 3. The van der Waals surface area contributed by atoms with Crippen LogP contribution in [0.2, 0.25) is 0 Å². The molecule has 1 fully saturated rings. The zero-order chi connectivity index (χ0) is 29.1. The SMILES string of the molecule is COc1cccc(-c2cc(C(=O)NCCCN3CCCCC3)nn2-c2ccc(NC(=O)NCc3cccnc3)cc2)c1. The first-order valence-corrected chi connectivity index (χ1v) is 14.4. The number of nitrogens with zero attached hydrogens (tertiary/aromatic N) is 4. The summed E-state index contributed by atoms with van der Waals surface area (Å²) in [5, 5.41) is 13.4. The number of benzene rings is 2. The van der Waals surface area contributed by atoms with E-state index in [1.54, 1.807) is 42.4 Å². The maximum absolute atomic E-state index is 13.1. The van der Waals surface area contributed by atoms with Crippen LogP contribution in [0, 0.1) is 0 Å². The molecule has 3 amide bonds. The van der Waals surface area contributed by atoms with Crippen LogP contribution in [0.25, 0.3) is 16.9 Å². The predicted octanol–water partition coefficient (Wildman–Crippen LogP) is 4.87. The van der Waals surface area contributed by atoms with Crippen LogP contribution >= 0.6 is 0 Å². The Bertz CT molecular complexity index is 1470. The Kier molecular flexibility index (Phi) is 9.79. The largest absolute Gasteiger partial charge is 0.497 e. The molecule has 2 aromatic heterocycles. The molecule has 2 aromatic carbocycles. The zero-order valence-electron chi connectivity index (χ0n) is 23.9. The molecule has 0 spiro atoms. The van der Waals surface area contributed by atoms with Gasteiger partial charge in [-0.25, -0.2) is 9.48 Å². The van der Waals surface area contributed by atoms with E-state index < -0.39 is 0 Å². The highest BCUT2D eigenvalue weighted by atomic mass is 16.5. The number of carbonyl (C=O) groups excluding carboxylic acids is 2. The molecule has 42 heavy (non-hydrogen) atoms. The Morgan fingerprint density at radius 1 is 0.952 bits per heavy atom. The molecule has 0 unspecified atom stereocenters. The number of nitrogens with one attached hydrogen (secondary N) is 3. The smallest absolute Gasteiger partial charge is 0.319 e. The van der Waals surface area contributed by atoms with Crippen molar-refractivity contribution in [2.45, 2.75) is 32.2 Å². The number of anilines is 1. The van der Waals surface area contributed by atoms with E-state index >= 15 is 0 Å². The summed E-state index contributed by atoms with van der Waals surface area (Å²) < 4.78 is 7.17. The fraction of sp³-hybridized carbons (Fsp3) is 0.312. The average Bonchev–Trinajstić information content (AvgIpc) is 3.49. The van der Waals surface area contributed by atoms with Crippen molar-refractivity contribution in [2.75, 3.05) is 38.6 Å². The first kappa shape index (κ1) is 28.8. The van der Waals surface area contributed by atoms with Gasteiger partial charge in [0.25, 0.3) is 5.91 Å². The summed E-state index contributed by atoms with van der Waals surface area (Å²) in [6.45, 7) is 4.25. The number of rotatable bonds is 11. The molecule has 4 aromatic rings. The molecule has 0 radical (unpaired) electrons. The second-order valence-corrected chi connectivity index (χ2v) is 10.3. The minimum Gasteiger partial charge on any atom is -0.497 e. The van der Waals surface area contributed by atoms with Crippen LogP contribution in [0.3, 0.4) is 0 Å². The number of pyridine rings is 1. The quantitative estimate of drug-likeness (QED) is 0.223. The number of aromatic nitrogens is 3. The Morgan fingerprint density at radius 2 is 1.79 bits per heavy atom. The van der Waals surface area contributed by atoms with Gasteiger partial charge in [0.05, 0.1) is 18.5 Å². The fourth-order valence-corrected chi connectivity index (χ4v) is 5.00. The fourth-order valence-electron chi connectivity index (χ4n) is 5.00. The highest BCUT2D eigenvalue weighted by Gasteiger charge is 2.18. The number of ether oxygens (including phenoxy) is 1. The first-order chi connectivity index (χ1) is 20.6.